The molecular formula is C25H33N5O2. The molecule has 0 radical (unpaired) electrons. The Kier molecular flexibility index (Phi) is 6.09. The molecule has 2 fully saturated rings. The van der Waals surface area contributed by atoms with E-state index in [0.29, 0.717) is 24.7 Å². The molecule has 2 aliphatic heterocycles. The minimum Gasteiger partial charge on any atom is -0.338 e. The fourth-order valence-corrected chi connectivity index (χ4v) is 5.63. The molecule has 32 heavy (non-hydrogen) atoms. The van der Waals surface area contributed by atoms with Gasteiger partial charge in [0.1, 0.15) is 5.82 Å². The van der Waals surface area contributed by atoms with Gasteiger partial charge in [0.25, 0.3) is 11.5 Å². The van der Waals surface area contributed by atoms with E-state index in [1.54, 1.807) is 24.5 Å². The predicted molar refractivity (Wildman–Crippen MR) is 123 cm³/mol. The number of aromatic nitrogens is 3. The molecule has 0 bridgehead atoms. The summed E-state index contributed by atoms with van der Waals surface area (Å²) in [6.45, 7) is 5.36. The lowest BCUT2D eigenvalue weighted by atomic mass is 9.86. The van der Waals surface area contributed by atoms with E-state index < -0.39 is 0 Å². The number of likely N-dealkylation sites (tertiary alicyclic amines) is 1. The molecule has 1 aliphatic carbocycles. The van der Waals surface area contributed by atoms with Crippen molar-refractivity contribution in [3.05, 3.63) is 57.5 Å². The van der Waals surface area contributed by atoms with Crippen molar-refractivity contribution in [3.63, 3.8) is 0 Å². The highest BCUT2D eigenvalue weighted by Gasteiger charge is 2.31. The van der Waals surface area contributed by atoms with E-state index in [-0.39, 0.29) is 17.4 Å². The van der Waals surface area contributed by atoms with Crippen molar-refractivity contribution in [3.8, 4) is 0 Å². The number of nitrogens with one attached hydrogen (secondary N) is 1. The standard InChI is InChI=1S/C25H33N5O2/c1-17-6-8-20(9-7-17)29-13-10-22-21(16-29)24(31)28-23(27-22)19-5-3-12-30(15-19)25(32)18-4-2-11-26-14-18/h2,4,11,14,17,19-20H,3,5-10,12-13,15-16H2,1H3,(H,27,28,31)/t17?,19-,20?/m1/s1. The smallest absolute Gasteiger partial charge is 0.255 e. The Bertz CT molecular complexity index is 1010. The molecule has 4 heterocycles. The zero-order chi connectivity index (χ0) is 22.1. The predicted octanol–water partition coefficient (Wildman–Crippen LogP) is 3.12. The van der Waals surface area contributed by atoms with Gasteiger partial charge in [0.05, 0.1) is 16.8 Å². The third kappa shape index (κ3) is 4.35. The van der Waals surface area contributed by atoms with Crippen LogP contribution in [0.1, 0.15) is 78.8 Å². The lowest BCUT2D eigenvalue weighted by molar-refractivity contribution is 0.0703. The number of carbonyl (C=O) groups excluding carboxylic acids is 1. The fourth-order valence-electron chi connectivity index (χ4n) is 5.63. The van der Waals surface area contributed by atoms with Crippen molar-refractivity contribution in [1.29, 1.82) is 0 Å². The average Bonchev–Trinajstić information content (AvgIpc) is 2.84. The van der Waals surface area contributed by atoms with E-state index in [1.807, 2.05) is 4.90 Å². The highest BCUT2D eigenvalue weighted by atomic mass is 16.2. The number of hydrogen-bond acceptors (Lipinski definition) is 5. The number of aromatic amines is 1. The Morgan fingerprint density at radius 2 is 2.00 bits per heavy atom. The van der Waals surface area contributed by atoms with Gasteiger partial charge in [0, 0.05) is 57.0 Å². The van der Waals surface area contributed by atoms with E-state index in [4.69, 9.17) is 4.98 Å². The number of amides is 1. The topological polar surface area (TPSA) is 82.2 Å². The highest BCUT2D eigenvalue weighted by Crippen LogP contribution is 2.30. The molecule has 0 spiro atoms. The van der Waals surface area contributed by atoms with E-state index >= 15 is 0 Å². The van der Waals surface area contributed by atoms with Gasteiger partial charge in [-0.25, -0.2) is 4.98 Å². The van der Waals surface area contributed by atoms with Gasteiger partial charge in [0.15, 0.2) is 0 Å². The Hall–Kier alpha value is -2.54. The first-order valence-electron chi connectivity index (χ1n) is 12.1. The van der Waals surface area contributed by atoms with Crippen molar-refractivity contribution in [1.82, 2.24) is 24.8 Å². The molecule has 0 unspecified atom stereocenters. The normalized spacial score (nSPS) is 26.5. The molecule has 170 valence electrons. The van der Waals surface area contributed by atoms with Crippen LogP contribution in [0.3, 0.4) is 0 Å². The van der Waals surface area contributed by atoms with E-state index in [0.717, 1.165) is 55.4 Å². The van der Waals surface area contributed by atoms with Crippen molar-refractivity contribution in [2.24, 2.45) is 5.92 Å². The average molecular weight is 436 g/mol. The molecule has 7 nitrogen and oxygen atoms in total. The summed E-state index contributed by atoms with van der Waals surface area (Å²) in [5.41, 5.74) is 2.42. The van der Waals surface area contributed by atoms with Gasteiger partial charge in [-0.05, 0) is 56.6 Å². The van der Waals surface area contributed by atoms with Gasteiger partial charge >= 0.3 is 0 Å². The van der Waals surface area contributed by atoms with Gasteiger partial charge in [0.2, 0.25) is 0 Å². The monoisotopic (exact) mass is 435 g/mol. The highest BCUT2D eigenvalue weighted by molar-refractivity contribution is 5.93. The molecule has 1 atom stereocenters. The largest absolute Gasteiger partial charge is 0.338 e. The molecule has 5 rings (SSSR count). The van der Waals surface area contributed by atoms with Crippen LogP contribution < -0.4 is 5.56 Å². The number of carbonyl (C=O) groups is 1. The summed E-state index contributed by atoms with van der Waals surface area (Å²) >= 11 is 0. The molecule has 1 saturated carbocycles. The lowest BCUT2D eigenvalue weighted by Gasteiger charge is -2.38. The van der Waals surface area contributed by atoms with E-state index in [1.165, 1.54) is 25.7 Å². The van der Waals surface area contributed by atoms with Crippen molar-refractivity contribution in [2.45, 2.75) is 70.4 Å². The van der Waals surface area contributed by atoms with Crippen LogP contribution in [0.15, 0.2) is 29.3 Å². The maximum atomic E-state index is 13.0. The summed E-state index contributed by atoms with van der Waals surface area (Å²) in [7, 11) is 0. The second kappa shape index (κ2) is 9.14. The van der Waals surface area contributed by atoms with Crippen molar-refractivity contribution in [2.75, 3.05) is 19.6 Å². The number of hydrogen-bond donors (Lipinski definition) is 1. The molecule has 1 saturated heterocycles. The molecule has 3 aliphatic rings. The molecule has 1 N–H and O–H groups in total. The number of rotatable bonds is 3. The van der Waals surface area contributed by atoms with Gasteiger partial charge in [-0.1, -0.05) is 6.92 Å². The number of H-pyrrole nitrogens is 1. The second-order valence-corrected chi connectivity index (χ2v) is 9.84. The number of fused-ring (bicyclic) bond motifs is 1. The number of nitrogens with zero attached hydrogens (tertiary/aromatic N) is 4. The summed E-state index contributed by atoms with van der Waals surface area (Å²) in [6.07, 6.45) is 11.0. The first-order chi connectivity index (χ1) is 15.6. The molecule has 0 aromatic carbocycles. The molecule has 7 heteroatoms. The lowest BCUT2D eigenvalue weighted by Crippen LogP contribution is -2.44. The van der Waals surface area contributed by atoms with Gasteiger partial charge < -0.3 is 9.88 Å². The quantitative estimate of drug-likeness (QED) is 0.801. The maximum absolute atomic E-state index is 13.0. The van der Waals surface area contributed by atoms with Crippen LogP contribution in [0, 0.1) is 5.92 Å². The first-order valence-corrected chi connectivity index (χ1v) is 12.1. The summed E-state index contributed by atoms with van der Waals surface area (Å²) in [6, 6.07) is 4.19. The van der Waals surface area contributed by atoms with E-state index in [9.17, 15) is 9.59 Å². The first kappa shape index (κ1) is 21.3. The number of pyridine rings is 1. The Morgan fingerprint density at radius 3 is 2.78 bits per heavy atom. The minimum atomic E-state index is 0.000508. The van der Waals surface area contributed by atoms with Crippen LogP contribution in [0.5, 0.6) is 0 Å². The van der Waals surface area contributed by atoms with Crippen LogP contribution in [-0.2, 0) is 13.0 Å². The Morgan fingerprint density at radius 1 is 1.16 bits per heavy atom. The van der Waals surface area contributed by atoms with Crippen LogP contribution in [-0.4, -0.2) is 56.3 Å². The molecule has 2 aromatic heterocycles. The third-order valence-electron chi connectivity index (χ3n) is 7.62. The summed E-state index contributed by atoms with van der Waals surface area (Å²) in [5.74, 6) is 1.65. The molecular weight excluding hydrogens is 402 g/mol. The summed E-state index contributed by atoms with van der Waals surface area (Å²) in [4.78, 5) is 42.4. The van der Waals surface area contributed by atoms with Crippen LogP contribution in [0.2, 0.25) is 0 Å². The summed E-state index contributed by atoms with van der Waals surface area (Å²) in [5, 5.41) is 0. The zero-order valence-corrected chi connectivity index (χ0v) is 18.9. The summed E-state index contributed by atoms with van der Waals surface area (Å²) < 4.78 is 0. The van der Waals surface area contributed by atoms with Crippen LogP contribution >= 0.6 is 0 Å². The Labute approximate surface area is 189 Å². The van der Waals surface area contributed by atoms with Crippen LogP contribution in [0.4, 0.5) is 0 Å². The molecule has 1 amide bonds. The zero-order valence-electron chi connectivity index (χ0n) is 18.9. The number of piperidine rings is 1. The maximum Gasteiger partial charge on any atom is 0.255 e. The molecule has 2 aromatic rings. The van der Waals surface area contributed by atoms with Crippen molar-refractivity contribution >= 4 is 5.91 Å². The SMILES string of the molecule is CC1CCC(N2CCc3nc([C@@H]4CCCN(C(=O)c5cccnc5)C4)[nH]c(=O)c3C2)CC1. The minimum absolute atomic E-state index is 0.000508. The van der Waals surface area contributed by atoms with Gasteiger partial charge in [-0.15, -0.1) is 0 Å². The van der Waals surface area contributed by atoms with Crippen LogP contribution in [0.25, 0.3) is 0 Å². The third-order valence-corrected chi connectivity index (χ3v) is 7.62. The van der Waals surface area contributed by atoms with E-state index in [2.05, 4.69) is 21.8 Å². The van der Waals surface area contributed by atoms with Crippen molar-refractivity contribution < 1.29 is 4.79 Å². The van der Waals surface area contributed by atoms with Gasteiger partial charge in [-0.2, -0.15) is 0 Å². The fraction of sp³-hybridized carbons (Fsp3) is 0.600. The van der Waals surface area contributed by atoms with Gasteiger partial charge in [-0.3, -0.25) is 19.5 Å². The second-order valence-electron chi connectivity index (χ2n) is 9.84. The Balaban J connectivity index is 1.30.